The van der Waals surface area contributed by atoms with Crippen molar-refractivity contribution in [3.63, 3.8) is 0 Å². The van der Waals surface area contributed by atoms with Crippen LogP contribution in [-0.4, -0.2) is 60.5 Å². The maximum Gasteiger partial charge on any atom is 0.267 e. The molecule has 158 valence electrons. The number of piperazine rings is 1. The number of halogens is 2. The summed E-state index contributed by atoms with van der Waals surface area (Å²) in [7, 11) is 0.770. The first-order valence-corrected chi connectivity index (χ1v) is 11.9. The lowest BCUT2D eigenvalue weighted by atomic mass is 10.1. The van der Waals surface area contributed by atoms with Crippen molar-refractivity contribution in [1.29, 1.82) is 0 Å². The second-order valence-corrected chi connectivity index (χ2v) is 9.82. The van der Waals surface area contributed by atoms with Gasteiger partial charge in [0.05, 0.1) is 20.8 Å². The predicted molar refractivity (Wildman–Crippen MR) is 126 cm³/mol. The van der Waals surface area contributed by atoms with Crippen LogP contribution in [0.4, 0.5) is 11.4 Å². The van der Waals surface area contributed by atoms with Crippen molar-refractivity contribution in [3.8, 4) is 0 Å². The Morgan fingerprint density at radius 3 is 2.43 bits per heavy atom. The fourth-order valence-electron chi connectivity index (χ4n) is 3.73. The van der Waals surface area contributed by atoms with E-state index in [0.717, 1.165) is 37.4 Å². The minimum Gasteiger partial charge on any atom is -0.368 e. The minimum atomic E-state index is -1.35. The molecule has 2 heterocycles. The Hall–Kier alpha value is -1.86. The van der Waals surface area contributed by atoms with E-state index in [9.17, 15) is 9.00 Å². The zero-order chi connectivity index (χ0) is 21.3. The molecule has 0 radical (unpaired) electrons. The molecule has 8 heteroatoms. The van der Waals surface area contributed by atoms with Crippen molar-refractivity contribution in [2.24, 2.45) is 0 Å². The normalized spacial score (nSPS) is 22.0. The Morgan fingerprint density at radius 2 is 1.70 bits per heavy atom. The summed E-state index contributed by atoms with van der Waals surface area (Å²) in [6.45, 7) is 4.19. The fraction of sp³-hybridized carbons (Fsp3) is 0.318. The topological polar surface area (TPSA) is 43.9 Å². The van der Waals surface area contributed by atoms with E-state index in [0.29, 0.717) is 32.9 Å². The van der Waals surface area contributed by atoms with Gasteiger partial charge in [-0.05, 0) is 43.0 Å². The van der Waals surface area contributed by atoms with Crippen LogP contribution < -0.4 is 9.80 Å². The van der Waals surface area contributed by atoms with Crippen LogP contribution in [0.3, 0.4) is 0 Å². The number of nitrogens with zero attached hydrogens (tertiary/aromatic N) is 3. The fourth-order valence-corrected chi connectivity index (χ4v) is 5.15. The van der Waals surface area contributed by atoms with Gasteiger partial charge in [-0.3, -0.25) is 9.00 Å². The Balaban J connectivity index is 1.66. The standard InChI is InChI=1S/C22H23Cl2N3O2S/c1-25-8-10-26(11-9-25)20-5-3-2-4-16(20)14-21-22(28)27(12-13-30(21)29)17-6-7-18(23)19(24)15-17/h2-7,14-15H,8-13H2,1H3/b21-14-. The summed E-state index contributed by atoms with van der Waals surface area (Å²) in [5, 5.41) is 0.824. The maximum absolute atomic E-state index is 13.2. The van der Waals surface area contributed by atoms with Crippen LogP contribution in [0.25, 0.3) is 6.08 Å². The highest BCUT2D eigenvalue weighted by molar-refractivity contribution is 7.90. The first kappa shape index (κ1) is 21.4. The molecule has 1 unspecified atom stereocenters. The van der Waals surface area contributed by atoms with Crippen molar-refractivity contribution < 1.29 is 9.00 Å². The molecule has 0 spiro atoms. The smallest absolute Gasteiger partial charge is 0.267 e. The number of para-hydroxylation sites is 1. The second-order valence-electron chi connectivity index (χ2n) is 7.46. The van der Waals surface area contributed by atoms with Crippen LogP contribution >= 0.6 is 23.2 Å². The van der Waals surface area contributed by atoms with Crippen molar-refractivity contribution in [2.45, 2.75) is 0 Å². The van der Waals surface area contributed by atoms with Crippen molar-refractivity contribution in [1.82, 2.24) is 4.90 Å². The van der Waals surface area contributed by atoms with E-state index in [2.05, 4.69) is 22.9 Å². The number of benzene rings is 2. The molecule has 0 N–H and O–H groups in total. The third-order valence-corrected chi connectivity index (χ3v) is 7.56. The van der Waals surface area contributed by atoms with Gasteiger partial charge >= 0.3 is 0 Å². The molecule has 5 nitrogen and oxygen atoms in total. The van der Waals surface area contributed by atoms with Gasteiger partial charge in [-0.15, -0.1) is 0 Å². The molecule has 2 aromatic carbocycles. The van der Waals surface area contributed by atoms with E-state index in [1.807, 2.05) is 18.2 Å². The van der Waals surface area contributed by atoms with Crippen LogP contribution in [0.2, 0.25) is 10.0 Å². The van der Waals surface area contributed by atoms with Gasteiger partial charge < -0.3 is 14.7 Å². The first-order chi connectivity index (χ1) is 14.4. The zero-order valence-corrected chi connectivity index (χ0v) is 19.0. The molecule has 1 atom stereocenters. The lowest BCUT2D eigenvalue weighted by Gasteiger charge is -2.35. The van der Waals surface area contributed by atoms with E-state index < -0.39 is 10.8 Å². The number of amides is 1. The Kier molecular flexibility index (Phi) is 6.48. The minimum absolute atomic E-state index is 0.258. The van der Waals surface area contributed by atoms with Gasteiger partial charge in [-0.1, -0.05) is 41.4 Å². The molecule has 2 aromatic rings. The summed E-state index contributed by atoms with van der Waals surface area (Å²) in [5.41, 5.74) is 2.63. The lowest BCUT2D eigenvalue weighted by molar-refractivity contribution is -0.114. The summed E-state index contributed by atoms with van der Waals surface area (Å²) in [5.74, 6) is 0.125. The molecule has 0 aliphatic carbocycles. The van der Waals surface area contributed by atoms with Crippen molar-refractivity contribution >= 4 is 57.4 Å². The van der Waals surface area contributed by atoms with Crippen molar-refractivity contribution in [2.75, 3.05) is 55.3 Å². The van der Waals surface area contributed by atoms with Crippen molar-refractivity contribution in [3.05, 3.63) is 63.0 Å². The first-order valence-electron chi connectivity index (χ1n) is 9.83. The molecule has 2 aliphatic rings. The third kappa shape index (κ3) is 4.42. The number of hydrogen-bond acceptors (Lipinski definition) is 4. The van der Waals surface area contributed by atoms with Crippen LogP contribution in [0.1, 0.15) is 5.56 Å². The van der Waals surface area contributed by atoms with E-state index >= 15 is 0 Å². The van der Waals surface area contributed by atoms with Gasteiger partial charge in [0.15, 0.2) is 0 Å². The van der Waals surface area contributed by atoms with Gasteiger partial charge in [-0.25, -0.2) is 0 Å². The zero-order valence-electron chi connectivity index (χ0n) is 16.7. The highest BCUT2D eigenvalue weighted by atomic mass is 35.5. The average molecular weight is 464 g/mol. The molecule has 0 aromatic heterocycles. The molecule has 2 fully saturated rings. The van der Waals surface area contributed by atoms with E-state index in [1.54, 1.807) is 29.2 Å². The molecule has 30 heavy (non-hydrogen) atoms. The third-order valence-electron chi connectivity index (χ3n) is 5.48. The second kappa shape index (κ2) is 9.10. The molecule has 2 aliphatic heterocycles. The Morgan fingerprint density at radius 1 is 0.967 bits per heavy atom. The molecule has 0 saturated carbocycles. The van der Waals surface area contributed by atoms with Gasteiger partial charge in [0.2, 0.25) is 0 Å². The van der Waals surface area contributed by atoms with Gasteiger partial charge in [0, 0.05) is 49.9 Å². The monoisotopic (exact) mass is 463 g/mol. The molecular formula is C22H23Cl2N3O2S. The van der Waals surface area contributed by atoms with Crippen LogP contribution in [-0.2, 0) is 15.6 Å². The maximum atomic E-state index is 13.2. The highest BCUT2D eigenvalue weighted by Gasteiger charge is 2.30. The largest absolute Gasteiger partial charge is 0.368 e. The number of anilines is 2. The quantitative estimate of drug-likeness (QED) is 0.647. The van der Waals surface area contributed by atoms with Crippen LogP contribution in [0.5, 0.6) is 0 Å². The Labute approximate surface area is 189 Å². The molecule has 1 amide bonds. The predicted octanol–water partition coefficient (Wildman–Crippen LogP) is 3.88. The molecule has 4 rings (SSSR count). The summed E-state index contributed by atoms with van der Waals surface area (Å²) >= 11 is 12.2. The Bertz CT molecular complexity index is 1020. The molecular weight excluding hydrogens is 441 g/mol. The number of hydrogen-bond donors (Lipinski definition) is 0. The van der Waals surface area contributed by atoms with Crippen LogP contribution in [0, 0.1) is 0 Å². The van der Waals surface area contributed by atoms with E-state index in [1.165, 1.54) is 0 Å². The van der Waals surface area contributed by atoms with Crippen LogP contribution in [0.15, 0.2) is 47.4 Å². The molecule has 0 bridgehead atoms. The average Bonchev–Trinajstić information content (AvgIpc) is 2.74. The van der Waals surface area contributed by atoms with E-state index in [-0.39, 0.29) is 5.91 Å². The summed E-state index contributed by atoms with van der Waals surface area (Å²) in [6, 6.07) is 13.1. The number of carbonyl (C=O) groups is 1. The summed E-state index contributed by atoms with van der Waals surface area (Å²) in [6.07, 6.45) is 1.79. The summed E-state index contributed by atoms with van der Waals surface area (Å²) in [4.78, 5) is 19.8. The van der Waals surface area contributed by atoms with Gasteiger partial charge in [0.25, 0.3) is 5.91 Å². The summed E-state index contributed by atoms with van der Waals surface area (Å²) < 4.78 is 12.8. The van der Waals surface area contributed by atoms with Gasteiger partial charge in [-0.2, -0.15) is 0 Å². The van der Waals surface area contributed by atoms with Gasteiger partial charge in [0.1, 0.15) is 4.91 Å². The number of likely N-dealkylation sites (N-methyl/N-ethyl adjacent to an activating group) is 1. The lowest BCUT2D eigenvalue weighted by Crippen LogP contribution is -2.44. The number of rotatable bonds is 3. The van der Waals surface area contributed by atoms with E-state index in [4.69, 9.17) is 23.2 Å². The SMILES string of the molecule is CN1CCN(c2ccccc2/C=C2/C(=O)N(c3ccc(Cl)c(Cl)c3)CCS2=O)CC1. The number of carbonyl (C=O) groups excluding carboxylic acids is 1. The highest BCUT2D eigenvalue weighted by Crippen LogP contribution is 2.31. The molecule has 2 saturated heterocycles.